The third kappa shape index (κ3) is 3.05. The number of thiophene rings is 1. The van der Waals surface area contributed by atoms with Crippen LogP contribution in [0.15, 0.2) is 28.1 Å². The van der Waals surface area contributed by atoms with E-state index in [0.717, 1.165) is 3.79 Å². The zero-order valence-corrected chi connectivity index (χ0v) is 13.2. The fourth-order valence-electron chi connectivity index (χ4n) is 1.75. The molecule has 0 aliphatic carbocycles. The molecule has 1 aromatic heterocycles. The maximum Gasteiger partial charge on any atom is 0.272 e. The lowest BCUT2D eigenvalue weighted by Gasteiger charge is -2.09. The van der Waals surface area contributed by atoms with Gasteiger partial charge in [0.1, 0.15) is 0 Å². The van der Waals surface area contributed by atoms with Crippen molar-refractivity contribution in [1.82, 2.24) is 0 Å². The largest absolute Gasteiger partial charge is 0.321 e. The first-order valence-electron chi connectivity index (χ1n) is 5.71. The van der Waals surface area contributed by atoms with Crippen LogP contribution in [0.4, 0.5) is 11.4 Å². The van der Waals surface area contributed by atoms with Crippen molar-refractivity contribution in [3.8, 4) is 0 Å². The molecule has 0 bridgehead atoms. The number of benzene rings is 1. The highest BCUT2D eigenvalue weighted by atomic mass is 79.9. The smallest absolute Gasteiger partial charge is 0.272 e. The molecule has 0 fully saturated rings. The molecule has 0 saturated carbocycles. The molecule has 0 radical (unpaired) electrons. The summed E-state index contributed by atoms with van der Waals surface area (Å²) in [6.45, 7) is 3.38. The molecule has 20 heavy (non-hydrogen) atoms. The third-order valence-electron chi connectivity index (χ3n) is 2.78. The third-order valence-corrected chi connectivity index (χ3v) is 4.41. The predicted octanol–water partition coefficient (Wildman–Crippen LogP) is 4.29. The Balaban J connectivity index is 2.28. The van der Waals surface area contributed by atoms with Gasteiger partial charge in [0.25, 0.3) is 11.6 Å². The van der Waals surface area contributed by atoms with E-state index >= 15 is 0 Å². The van der Waals surface area contributed by atoms with E-state index in [-0.39, 0.29) is 11.6 Å². The molecule has 7 heteroatoms. The van der Waals surface area contributed by atoms with Crippen LogP contribution in [0.25, 0.3) is 0 Å². The Labute approximate surface area is 127 Å². The van der Waals surface area contributed by atoms with Crippen LogP contribution >= 0.6 is 27.3 Å². The summed E-state index contributed by atoms with van der Waals surface area (Å²) >= 11 is 4.63. The van der Waals surface area contributed by atoms with Gasteiger partial charge in [0.05, 0.1) is 13.6 Å². The van der Waals surface area contributed by atoms with Crippen LogP contribution in [0.2, 0.25) is 0 Å². The minimum absolute atomic E-state index is 0.0550. The van der Waals surface area contributed by atoms with Crippen molar-refractivity contribution < 1.29 is 9.72 Å². The standard InChI is InChI=1S/C13H11BrN2O3S/c1-7-6-10(16(18)19)8(2)5-9(7)15-13(17)11-3-4-12(14)20-11/h3-6H,1-2H3,(H,15,17). The predicted molar refractivity (Wildman–Crippen MR) is 82.5 cm³/mol. The lowest BCUT2D eigenvalue weighted by Crippen LogP contribution is -2.11. The van der Waals surface area contributed by atoms with Crippen molar-refractivity contribution in [3.63, 3.8) is 0 Å². The molecule has 0 unspecified atom stereocenters. The number of rotatable bonds is 3. The van der Waals surface area contributed by atoms with Gasteiger partial charge >= 0.3 is 0 Å². The molecule has 0 aliphatic heterocycles. The summed E-state index contributed by atoms with van der Waals surface area (Å²) in [4.78, 5) is 23.1. The number of amides is 1. The van der Waals surface area contributed by atoms with E-state index in [1.54, 1.807) is 32.0 Å². The van der Waals surface area contributed by atoms with Gasteiger partial charge in [-0.2, -0.15) is 0 Å². The number of aryl methyl sites for hydroxylation is 2. The number of nitrogens with one attached hydrogen (secondary N) is 1. The van der Waals surface area contributed by atoms with Crippen molar-refractivity contribution in [2.45, 2.75) is 13.8 Å². The van der Waals surface area contributed by atoms with E-state index in [4.69, 9.17) is 0 Å². The van der Waals surface area contributed by atoms with Crippen LogP contribution in [-0.2, 0) is 0 Å². The van der Waals surface area contributed by atoms with E-state index in [9.17, 15) is 14.9 Å². The van der Waals surface area contributed by atoms with Crippen LogP contribution in [0, 0.1) is 24.0 Å². The van der Waals surface area contributed by atoms with Gasteiger partial charge in [0, 0.05) is 17.3 Å². The van der Waals surface area contributed by atoms with Crippen LogP contribution < -0.4 is 5.32 Å². The summed E-state index contributed by atoms with van der Waals surface area (Å²) in [6, 6.07) is 6.61. The number of nitrogens with zero attached hydrogens (tertiary/aromatic N) is 1. The molecule has 2 aromatic rings. The van der Waals surface area contributed by atoms with E-state index in [0.29, 0.717) is 21.7 Å². The molecule has 1 amide bonds. The molecular weight excluding hydrogens is 344 g/mol. The molecule has 0 spiro atoms. The Morgan fingerprint density at radius 3 is 2.55 bits per heavy atom. The summed E-state index contributed by atoms with van der Waals surface area (Å²) in [6.07, 6.45) is 0. The number of hydrogen-bond donors (Lipinski definition) is 1. The van der Waals surface area contributed by atoms with Gasteiger partial charge in [-0.15, -0.1) is 11.3 Å². The van der Waals surface area contributed by atoms with Crippen molar-refractivity contribution in [2.24, 2.45) is 0 Å². The average Bonchev–Trinajstić information content (AvgIpc) is 2.79. The quantitative estimate of drug-likeness (QED) is 0.660. The number of carbonyl (C=O) groups is 1. The first kappa shape index (κ1) is 14.7. The Hall–Kier alpha value is -1.73. The lowest BCUT2D eigenvalue weighted by atomic mass is 10.1. The van der Waals surface area contributed by atoms with Crippen LogP contribution in [0.3, 0.4) is 0 Å². The number of halogens is 1. The minimum Gasteiger partial charge on any atom is -0.321 e. The van der Waals surface area contributed by atoms with Gasteiger partial charge in [0.15, 0.2) is 0 Å². The summed E-state index contributed by atoms with van der Waals surface area (Å²) in [7, 11) is 0. The van der Waals surface area contributed by atoms with Crippen LogP contribution in [-0.4, -0.2) is 10.8 Å². The van der Waals surface area contributed by atoms with Crippen molar-refractivity contribution in [2.75, 3.05) is 5.32 Å². The fourth-order valence-corrected chi connectivity index (χ4v) is 3.03. The van der Waals surface area contributed by atoms with Crippen LogP contribution in [0.1, 0.15) is 20.8 Å². The molecule has 1 aromatic carbocycles. The van der Waals surface area contributed by atoms with E-state index < -0.39 is 4.92 Å². The van der Waals surface area contributed by atoms with E-state index in [1.165, 1.54) is 17.4 Å². The zero-order chi connectivity index (χ0) is 14.9. The zero-order valence-electron chi connectivity index (χ0n) is 10.8. The Morgan fingerprint density at radius 2 is 2.00 bits per heavy atom. The topological polar surface area (TPSA) is 72.2 Å². The second-order valence-electron chi connectivity index (χ2n) is 4.27. The molecule has 0 aliphatic rings. The minimum atomic E-state index is -0.426. The first-order chi connectivity index (χ1) is 9.38. The number of nitro benzene ring substituents is 1. The molecule has 2 rings (SSSR count). The number of hydrogen-bond acceptors (Lipinski definition) is 4. The maximum absolute atomic E-state index is 12.1. The maximum atomic E-state index is 12.1. The van der Waals surface area contributed by atoms with Crippen molar-refractivity contribution in [3.05, 3.63) is 54.2 Å². The van der Waals surface area contributed by atoms with Gasteiger partial charge in [-0.25, -0.2) is 0 Å². The molecule has 0 saturated heterocycles. The molecular formula is C13H11BrN2O3S. The fraction of sp³-hybridized carbons (Fsp3) is 0.154. The van der Waals surface area contributed by atoms with Gasteiger partial charge in [-0.1, -0.05) is 0 Å². The van der Waals surface area contributed by atoms with Gasteiger partial charge in [-0.3, -0.25) is 14.9 Å². The highest BCUT2D eigenvalue weighted by molar-refractivity contribution is 9.11. The molecule has 0 atom stereocenters. The molecule has 104 valence electrons. The highest BCUT2D eigenvalue weighted by Crippen LogP contribution is 2.27. The monoisotopic (exact) mass is 354 g/mol. The number of nitro groups is 1. The summed E-state index contributed by atoms with van der Waals surface area (Å²) in [5, 5.41) is 13.6. The SMILES string of the molecule is Cc1cc([N+](=O)[O-])c(C)cc1NC(=O)c1ccc(Br)s1. The highest BCUT2D eigenvalue weighted by Gasteiger charge is 2.15. The molecule has 1 N–H and O–H groups in total. The second-order valence-corrected chi connectivity index (χ2v) is 6.73. The Bertz CT molecular complexity index is 697. The Morgan fingerprint density at radius 1 is 1.30 bits per heavy atom. The second kappa shape index (κ2) is 5.72. The summed E-state index contributed by atoms with van der Waals surface area (Å²) < 4.78 is 0.874. The van der Waals surface area contributed by atoms with Crippen molar-refractivity contribution in [1.29, 1.82) is 0 Å². The van der Waals surface area contributed by atoms with Crippen molar-refractivity contribution >= 4 is 44.5 Å². The van der Waals surface area contributed by atoms with Gasteiger partial charge < -0.3 is 5.32 Å². The van der Waals surface area contributed by atoms with E-state index in [2.05, 4.69) is 21.2 Å². The van der Waals surface area contributed by atoms with E-state index in [1.807, 2.05) is 0 Å². The summed E-state index contributed by atoms with van der Waals surface area (Å²) in [5.41, 5.74) is 1.82. The lowest BCUT2D eigenvalue weighted by molar-refractivity contribution is -0.385. The summed E-state index contributed by atoms with van der Waals surface area (Å²) in [5.74, 6) is -0.225. The first-order valence-corrected chi connectivity index (χ1v) is 7.31. The van der Waals surface area contributed by atoms with Gasteiger partial charge in [-0.05, 0) is 53.5 Å². The van der Waals surface area contributed by atoms with Crippen LogP contribution in [0.5, 0.6) is 0 Å². The van der Waals surface area contributed by atoms with Gasteiger partial charge in [0.2, 0.25) is 0 Å². The normalized spacial score (nSPS) is 10.3. The molecule has 5 nitrogen and oxygen atoms in total. The average molecular weight is 355 g/mol. The number of carbonyl (C=O) groups excluding carboxylic acids is 1. The Kier molecular flexibility index (Phi) is 4.20. The number of anilines is 1. The molecule has 1 heterocycles.